The van der Waals surface area contributed by atoms with Crippen LogP contribution in [0.2, 0.25) is 0 Å². The average molecular weight is 283 g/mol. The molecule has 0 unspecified atom stereocenters. The summed E-state index contributed by atoms with van der Waals surface area (Å²) < 4.78 is 0. The monoisotopic (exact) mass is 282 g/mol. The Morgan fingerprint density at radius 3 is 1.00 bits per heavy atom. The fourth-order valence-electron chi connectivity index (χ4n) is 0.200. The third-order valence-electron chi connectivity index (χ3n) is 0.547. The standard InChI is InChI=1S/C4H10N2.3CO.CH3.Tc/c1-5-3-4-6-2;3*1-2;;/h3-4H2,1-2H3;;;;1H3;/q-2;4*-1;+6. The molecule has 0 fully saturated rings. The second-order valence-corrected chi connectivity index (χ2v) is 1.08. The van der Waals surface area contributed by atoms with Crippen LogP contribution in [0.5, 0.6) is 0 Å². The number of nitrogens with zero attached hydrogens (tertiary/aromatic N) is 2. The first-order valence-corrected chi connectivity index (χ1v) is 2.64. The van der Waals surface area contributed by atoms with Crippen LogP contribution in [0.25, 0.3) is 10.6 Å². The third kappa shape index (κ3) is 195. The maximum atomic E-state index is 7.50. The Bertz CT molecular complexity index is 53.1. The average Bonchev–Trinajstić information content (AvgIpc) is 2.24. The van der Waals surface area contributed by atoms with Crippen LogP contribution in [0, 0.1) is 7.43 Å². The van der Waals surface area contributed by atoms with Gasteiger partial charge in [0.15, 0.2) is 0 Å². The molecule has 0 aliphatic heterocycles. The number of rotatable bonds is 3. The molecule has 0 N–H and O–H groups in total. The van der Waals surface area contributed by atoms with Gasteiger partial charge in [-0.05, 0) is 0 Å². The molecular formula is C8H13N2O3Tc. The van der Waals surface area contributed by atoms with Crippen LogP contribution in [0.4, 0.5) is 0 Å². The van der Waals surface area contributed by atoms with E-state index in [1.54, 1.807) is 14.1 Å². The molecule has 5 nitrogen and oxygen atoms in total. The van der Waals surface area contributed by atoms with Gasteiger partial charge in [0.1, 0.15) is 0 Å². The van der Waals surface area contributed by atoms with Gasteiger partial charge in [0.2, 0.25) is 0 Å². The van der Waals surface area contributed by atoms with E-state index in [1.807, 2.05) is 0 Å². The molecule has 0 rings (SSSR count). The van der Waals surface area contributed by atoms with Gasteiger partial charge in [-0.3, -0.25) is 0 Å². The largest absolute Gasteiger partial charge is 6.00 e. The smallest absolute Gasteiger partial charge is 0.666 e. The van der Waals surface area contributed by atoms with Gasteiger partial charge < -0.3 is 52.8 Å². The molecule has 0 saturated carbocycles. The minimum Gasteiger partial charge on any atom is -0.666 e. The van der Waals surface area contributed by atoms with Gasteiger partial charge in [0.25, 0.3) is 0 Å². The van der Waals surface area contributed by atoms with Crippen molar-refractivity contribution in [2.75, 3.05) is 27.2 Å². The summed E-state index contributed by atoms with van der Waals surface area (Å²) in [6, 6.07) is 0. The number of hydrogen-bond donors (Lipinski definition) is 0. The van der Waals surface area contributed by atoms with Crippen molar-refractivity contribution in [2.24, 2.45) is 0 Å². The zero-order valence-corrected chi connectivity index (χ0v) is 10.3. The minimum absolute atomic E-state index is 0. The van der Waals surface area contributed by atoms with E-state index in [0.717, 1.165) is 13.1 Å². The van der Waals surface area contributed by atoms with Gasteiger partial charge in [0, 0.05) is 0 Å². The molecule has 0 aromatic carbocycles. The molecule has 0 amide bonds. The number of carbonyl (C=O) groups excluding carboxylic acids is 3. The van der Waals surface area contributed by atoms with Crippen LogP contribution in [0.15, 0.2) is 0 Å². The minimum atomic E-state index is 0. The molecule has 0 heterocycles. The van der Waals surface area contributed by atoms with E-state index < -0.39 is 0 Å². The molecule has 6 heteroatoms. The zero-order chi connectivity index (χ0) is 10.8. The van der Waals surface area contributed by atoms with Crippen LogP contribution < -0.4 is 0 Å². The van der Waals surface area contributed by atoms with Crippen LogP contribution in [0.1, 0.15) is 0 Å². The van der Waals surface area contributed by atoms with Gasteiger partial charge >= 0.3 is 20.1 Å². The van der Waals surface area contributed by atoms with Crippen molar-refractivity contribution in [3.05, 3.63) is 18.1 Å². The van der Waals surface area contributed by atoms with E-state index in [1.165, 1.54) is 0 Å². The van der Waals surface area contributed by atoms with E-state index in [2.05, 4.69) is 31.0 Å². The van der Waals surface area contributed by atoms with E-state index in [4.69, 9.17) is 14.4 Å². The van der Waals surface area contributed by atoms with Crippen molar-refractivity contribution in [1.29, 1.82) is 0 Å². The number of likely N-dealkylation sites (N-methyl/N-ethyl adjacent to an activating group) is 2. The topological polar surface area (TPSA) is 79.4 Å². The second-order valence-electron chi connectivity index (χ2n) is 1.08. The molecule has 4 radical (unpaired) electrons. The van der Waals surface area contributed by atoms with Gasteiger partial charge in [-0.25, -0.2) is 0 Å². The third-order valence-corrected chi connectivity index (χ3v) is 0.547. The molecule has 0 bridgehead atoms. The molecule has 14 heavy (non-hydrogen) atoms. The maximum Gasteiger partial charge on any atom is 6.00 e. The van der Waals surface area contributed by atoms with Crippen LogP contribution in [-0.2, 0) is 34.5 Å². The zero-order valence-electron chi connectivity index (χ0n) is 8.41. The van der Waals surface area contributed by atoms with Gasteiger partial charge in [-0.2, -0.15) is 27.2 Å². The van der Waals surface area contributed by atoms with Crippen molar-refractivity contribution < 1.29 is 34.5 Å². The normalized spacial score (nSPS) is 4.71. The Labute approximate surface area is 100 Å². The fourth-order valence-corrected chi connectivity index (χ4v) is 0.200. The van der Waals surface area contributed by atoms with Crippen molar-refractivity contribution in [3.8, 4) is 0 Å². The van der Waals surface area contributed by atoms with Crippen molar-refractivity contribution in [3.63, 3.8) is 0 Å². The second kappa shape index (κ2) is 132. The first kappa shape index (κ1) is 37.4. The van der Waals surface area contributed by atoms with Crippen LogP contribution >= 0.6 is 0 Å². The van der Waals surface area contributed by atoms with Gasteiger partial charge in [-0.15, -0.1) is 0 Å². The maximum absolute atomic E-state index is 7.50. The molecule has 80 valence electrons. The summed E-state index contributed by atoms with van der Waals surface area (Å²) in [6.45, 7) is 15.2. The fraction of sp³-hybridized carbons (Fsp3) is 0.500. The summed E-state index contributed by atoms with van der Waals surface area (Å²) in [6.07, 6.45) is 0. The molecule has 0 atom stereocenters. The van der Waals surface area contributed by atoms with E-state index in [9.17, 15) is 0 Å². The molecule has 0 spiro atoms. The Morgan fingerprint density at radius 2 is 0.929 bits per heavy atom. The predicted octanol–water partition coefficient (Wildman–Crippen LogP) is 0.250. The van der Waals surface area contributed by atoms with Crippen molar-refractivity contribution in [2.45, 2.75) is 0 Å². The molecule has 0 aliphatic carbocycles. The SMILES string of the molecule is C[N-]CC[N-]C.[C-]=O.[C-]=O.[C-]=O.[CH3-].[Tc+6]. The summed E-state index contributed by atoms with van der Waals surface area (Å²) in [4.78, 5) is 22.5. The molecule has 0 aromatic heterocycles. The van der Waals surface area contributed by atoms with E-state index >= 15 is 0 Å². The Kier molecular flexibility index (Phi) is 352. The molecule has 0 aliphatic rings. The predicted molar refractivity (Wildman–Crippen MR) is 51.8 cm³/mol. The van der Waals surface area contributed by atoms with Crippen LogP contribution in [-0.4, -0.2) is 47.6 Å². The number of hydrogen-bond acceptors (Lipinski definition) is 3. The van der Waals surface area contributed by atoms with Crippen molar-refractivity contribution >= 4 is 20.4 Å². The molecule has 0 aromatic rings. The Balaban J connectivity index is -0.0000000175. The summed E-state index contributed by atoms with van der Waals surface area (Å²) in [7, 11) is 3.59. The van der Waals surface area contributed by atoms with E-state index in [-0.39, 0.29) is 27.5 Å². The molecule has 0 saturated heterocycles. The summed E-state index contributed by atoms with van der Waals surface area (Å²) >= 11 is 0. The Morgan fingerprint density at radius 1 is 0.786 bits per heavy atom. The Hall–Kier alpha value is -0.421. The van der Waals surface area contributed by atoms with Gasteiger partial charge in [-0.1, -0.05) is 0 Å². The van der Waals surface area contributed by atoms with E-state index in [0.29, 0.717) is 0 Å². The first-order valence-electron chi connectivity index (χ1n) is 2.64. The summed E-state index contributed by atoms with van der Waals surface area (Å²) in [5.74, 6) is 0. The van der Waals surface area contributed by atoms with Gasteiger partial charge in [0.05, 0.1) is 0 Å². The quantitative estimate of drug-likeness (QED) is 0.550. The van der Waals surface area contributed by atoms with Crippen LogP contribution in [0.3, 0.4) is 0 Å². The summed E-state index contributed by atoms with van der Waals surface area (Å²) in [5.41, 5.74) is 0. The molecular weight excluding hydrogens is 270 g/mol. The first-order chi connectivity index (χ1) is 5.91. The summed E-state index contributed by atoms with van der Waals surface area (Å²) in [5, 5.41) is 7.66. The van der Waals surface area contributed by atoms with Crippen molar-refractivity contribution in [1.82, 2.24) is 0 Å².